The molecule has 2 aliphatic heterocycles. The normalized spacial score (nSPS) is 48.1. The van der Waals surface area contributed by atoms with E-state index in [1.807, 2.05) is 20.8 Å². The quantitative estimate of drug-likeness (QED) is 0.266. The van der Waals surface area contributed by atoms with Crippen molar-refractivity contribution in [1.29, 1.82) is 0 Å². The first-order valence-electron chi connectivity index (χ1n) is 17.5. The third-order valence-electron chi connectivity index (χ3n) is 13.1. The first-order chi connectivity index (χ1) is 21.8. The SMILES string of the molecule is COCO[C@@H]1C[C@H](O[C@H](C)[C@@]2(O)CC[C@H]3[C@@H]4CC=C5C[C@@H](O[C@@H]6O[C@H](C)C=C(OC)C6=O)CC[C@]5(C)[C@H]4CC[C@@]32C)O[C@H](C)[C@H]1O. The molecule has 14 atom stereocenters. The van der Waals surface area contributed by atoms with Crippen molar-refractivity contribution in [2.24, 2.45) is 28.6 Å². The van der Waals surface area contributed by atoms with Gasteiger partial charge in [-0.1, -0.05) is 25.5 Å². The van der Waals surface area contributed by atoms with Gasteiger partial charge in [0, 0.05) is 18.9 Å². The molecule has 0 bridgehead atoms. The minimum atomic E-state index is -0.982. The van der Waals surface area contributed by atoms with Crippen LogP contribution in [-0.4, -0.2) is 91.8 Å². The molecular formula is C36H56O10. The molecule has 260 valence electrons. The zero-order valence-electron chi connectivity index (χ0n) is 28.7. The van der Waals surface area contributed by atoms with Gasteiger partial charge < -0.3 is 43.4 Å². The second-order valence-corrected chi connectivity index (χ2v) is 15.3. The number of allylic oxidation sites excluding steroid dienone is 1. The van der Waals surface area contributed by atoms with Crippen molar-refractivity contribution in [3.05, 3.63) is 23.5 Å². The number of hydrogen-bond acceptors (Lipinski definition) is 10. The van der Waals surface area contributed by atoms with Crippen LogP contribution in [0.1, 0.15) is 92.4 Å². The third-order valence-corrected chi connectivity index (χ3v) is 13.1. The number of fused-ring (bicyclic) bond motifs is 5. The van der Waals surface area contributed by atoms with Crippen molar-refractivity contribution >= 4 is 5.78 Å². The van der Waals surface area contributed by atoms with Crippen LogP contribution in [0.15, 0.2) is 23.5 Å². The summed E-state index contributed by atoms with van der Waals surface area (Å²) in [5.74, 6) is 1.50. The maximum Gasteiger partial charge on any atom is 0.252 e. The number of hydrogen-bond donors (Lipinski definition) is 2. The molecule has 3 saturated carbocycles. The maximum atomic E-state index is 12.8. The Bertz CT molecular complexity index is 1190. The lowest BCUT2D eigenvalue weighted by Crippen LogP contribution is -2.59. The Morgan fingerprint density at radius 3 is 2.57 bits per heavy atom. The van der Waals surface area contributed by atoms with E-state index in [0.717, 1.165) is 44.9 Å². The molecule has 0 unspecified atom stereocenters. The zero-order valence-corrected chi connectivity index (χ0v) is 28.7. The van der Waals surface area contributed by atoms with Crippen LogP contribution in [0.3, 0.4) is 0 Å². The van der Waals surface area contributed by atoms with Gasteiger partial charge in [0.1, 0.15) is 12.9 Å². The zero-order chi connectivity index (χ0) is 33.0. The first kappa shape index (κ1) is 34.5. The number of methoxy groups -OCH3 is 2. The van der Waals surface area contributed by atoms with Crippen LogP contribution >= 0.6 is 0 Å². The number of carbonyl (C=O) groups excluding carboxylic acids is 1. The molecular weight excluding hydrogens is 592 g/mol. The molecule has 4 aliphatic carbocycles. The molecule has 46 heavy (non-hydrogen) atoms. The highest BCUT2D eigenvalue weighted by molar-refractivity contribution is 5.96. The Kier molecular flexibility index (Phi) is 9.87. The smallest absolute Gasteiger partial charge is 0.252 e. The Morgan fingerprint density at radius 1 is 1.07 bits per heavy atom. The van der Waals surface area contributed by atoms with E-state index in [-0.39, 0.29) is 35.6 Å². The molecule has 2 heterocycles. The van der Waals surface area contributed by atoms with Gasteiger partial charge in [0.2, 0.25) is 6.29 Å². The van der Waals surface area contributed by atoms with Crippen molar-refractivity contribution in [2.75, 3.05) is 21.0 Å². The van der Waals surface area contributed by atoms with Gasteiger partial charge in [-0.25, -0.2) is 0 Å². The molecule has 0 aromatic carbocycles. The number of Topliss-reactive ketones (excluding diaryl/α,β-unsaturated/α-hetero) is 1. The van der Waals surface area contributed by atoms with E-state index in [2.05, 4.69) is 19.9 Å². The van der Waals surface area contributed by atoms with Gasteiger partial charge in [0.15, 0.2) is 12.0 Å². The maximum absolute atomic E-state index is 12.8. The summed E-state index contributed by atoms with van der Waals surface area (Å²) in [5.41, 5.74) is 0.278. The first-order valence-corrected chi connectivity index (χ1v) is 17.5. The average Bonchev–Trinajstić information content (AvgIpc) is 3.31. The number of ether oxygens (including phenoxy) is 7. The van der Waals surface area contributed by atoms with Crippen molar-refractivity contribution in [3.63, 3.8) is 0 Å². The summed E-state index contributed by atoms with van der Waals surface area (Å²) in [5, 5.41) is 23.0. The Hall–Kier alpha value is -1.37. The molecule has 0 amide bonds. The molecule has 0 aromatic rings. The fourth-order valence-electron chi connectivity index (χ4n) is 10.4. The second kappa shape index (κ2) is 13.2. The van der Waals surface area contributed by atoms with Gasteiger partial charge in [0.05, 0.1) is 43.2 Å². The van der Waals surface area contributed by atoms with E-state index in [9.17, 15) is 15.0 Å². The van der Waals surface area contributed by atoms with Gasteiger partial charge in [-0.15, -0.1) is 0 Å². The fraction of sp³-hybridized carbons (Fsp3) is 0.861. The molecule has 4 fully saturated rings. The highest BCUT2D eigenvalue weighted by Crippen LogP contribution is 2.68. The van der Waals surface area contributed by atoms with E-state index in [0.29, 0.717) is 36.4 Å². The number of ketones is 1. The second-order valence-electron chi connectivity index (χ2n) is 15.3. The molecule has 10 heteroatoms. The molecule has 0 spiro atoms. The molecule has 0 radical (unpaired) electrons. The van der Waals surface area contributed by atoms with Crippen LogP contribution in [-0.2, 0) is 38.0 Å². The van der Waals surface area contributed by atoms with Crippen molar-refractivity contribution in [1.82, 2.24) is 0 Å². The summed E-state index contributed by atoms with van der Waals surface area (Å²) in [7, 11) is 3.07. The van der Waals surface area contributed by atoms with Crippen molar-refractivity contribution < 1.29 is 48.2 Å². The highest BCUT2D eigenvalue weighted by Gasteiger charge is 2.65. The number of aliphatic hydroxyl groups is 2. The van der Waals surface area contributed by atoms with E-state index < -0.39 is 42.6 Å². The summed E-state index contributed by atoms with van der Waals surface area (Å²) in [6.07, 6.45) is 7.98. The summed E-state index contributed by atoms with van der Waals surface area (Å²) >= 11 is 0. The molecule has 2 N–H and O–H groups in total. The lowest BCUT2D eigenvalue weighted by atomic mass is 9.46. The monoisotopic (exact) mass is 648 g/mol. The summed E-state index contributed by atoms with van der Waals surface area (Å²) in [6.45, 7) is 10.5. The largest absolute Gasteiger partial charge is 0.493 e. The number of carbonyl (C=O) groups is 1. The Balaban J connectivity index is 1.12. The van der Waals surface area contributed by atoms with Crippen LogP contribution in [0.25, 0.3) is 0 Å². The van der Waals surface area contributed by atoms with Gasteiger partial charge in [-0.2, -0.15) is 0 Å². The van der Waals surface area contributed by atoms with E-state index in [1.54, 1.807) is 13.2 Å². The predicted molar refractivity (Wildman–Crippen MR) is 168 cm³/mol. The van der Waals surface area contributed by atoms with E-state index in [1.165, 1.54) is 12.7 Å². The van der Waals surface area contributed by atoms with Gasteiger partial charge in [-0.3, -0.25) is 4.79 Å². The fourth-order valence-corrected chi connectivity index (χ4v) is 10.4. The summed E-state index contributed by atoms with van der Waals surface area (Å²) < 4.78 is 40.7. The van der Waals surface area contributed by atoms with Crippen LogP contribution in [0.2, 0.25) is 0 Å². The lowest BCUT2D eigenvalue weighted by Gasteiger charge is -2.59. The summed E-state index contributed by atoms with van der Waals surface area (Å²) in [4.78, 5) is 12.8. The molecule has 6 aliphatic rings. The van der Waals surface area contributed by atoms with Crippen LogP contribution in [0.5, 0.6) is 0 Å². The van der Waals surface area contributed by atoms with Gasteiger partial charge in [0.25, 0.3) is 5.78 Å². The van der Waals surface area contributed by atoms with E-state index in [4.69, 9.17) is 33.2 Å². The average molecular weight is 649 g/mol. The van der Waals surface area contributed by atoms with Gasteiger partial charge in [-0.05, 0) is 101 Å². The topological polar surface area (TPSA) is 122 Å². The highest BCUT2D eigenvalue weighted by atomic mass is 16.7. The number of rotatable bonds is 9. The molecule has 10 nitrogen and oxygen atoms in total. The predicted octanol–water partition coefficient (Wildman–Crippen LogP) is 4.80. The Morgan fingerprint density at radius 2 is 1.83 bits per heavy atom. The van der Waals surface area contributed by atoms with Crippen LogP contribution < -0.4 is 0 Å². The third kappa shape index (κ3) is 5.82. The molecule has 6 rings (SSSR count). The standard InChI is InChI=1S/C36H56O10/c1-20-16-28(41-7)32(38)33(43-20)46-24-10-13-34(4)23(17-24)8-9-25-26(34)11-14-35(5)27(25)12-15-36(35,39)22(3)45-30-18-29(42-19-40-6)31(37)21(2)44-30/h8,16,20-22,24-27,29-31,33,37,39H,9-15,17-19H2,1-7H3/t20-,21-,22-,24+,25-,26+,27+,29-,30+,31-,33+,34+,35+,36+/m1/s1. The minimum absolute atomic E-state index is 0.0676. The van der Waals surface area contributed by atoms with Crippen molar-refractivity contribution in [3.8, 4) is 0 Å². The molecule has 1 saturated heterocycles. The Labute approximate surface area is 274 Å². The van der Waals surface area contributed by atoms with E-state index >= 15 is 0 Å². The van der Waals surface area contributed by atoms with Crippen LogP contribution in [0, 0.1) is 28.6 Å². The number of aliphatic hydroxyl groups excluding tert-OH is 1. The molecule has 0 aromatic heterocycles. The van der Waals surface area contributed by atoms with Gasteiger partial charge >= 0.3 is 0 Å². The van der Waals surface area contributed by atoms with Crippen LogP contribution in [0.4, 0.5) is 0 Å². The lowest BCUT2D eigenvalue weighted by molar-refractivity contribution is -0.296. The summed E-state index contributed by atoms with van der Waals surface area (Å²) in [6, 6.07) is 0. The minimum Gasteiger partial charge on any atom is -0.493 e. The van der Waals surface area contributed by atoms with Crippen molar-refractivity contribution in [2.45, 2.75) is 147 Å².